The van der Waals surface area contributed by atoms with E-state index in [-0.39, 0.29) is 0 Å². The van der Waals surface area contributed by atoms with Crippen LogP contribution in [0.2, 0.25) is 0 Å². The highest BCUT2D eigenvalue weighted by Crippen LogP contribution is 2.29. The normalized spacial score (nSPS) is 10.3. The molecular weight excluding hydrogens is 246 g/mol. The van der Waals surface area contributed by atoms with E-state index < -0.39 is 0 Å². The lowest BCUT2D eigenvalue weighted by Crippen LogP contribution is -2.04. The van der Waals surface area contributed by atoms with Crippen LogP contribution < -0.4 is 15.8 Å². The standard InChI is InChI=1S/C13H17N3OS/c1-3-17-12-6-4-5-11(13(12)14)15-7-10-8-18-9(2)16-10/h4-6,8,15H,3,7,14H2,1-2H3. The molecule has 1 aromatic heterocycles. The SMILES string of the molecule is CCOc1cccc(NCc2csc(C)n2)c1N. The van der Waals surface area contributed by atoms with Crippen molar-refractivity contribution in [2.24, 2.45) is 0 Å². The maximum Gasteiger partial charge on any atom is 0.144 e. The van der Waals surface area contributed by atoms with Gasteiger partial charge in [-0.2, -0.15) is 0 Å². The first kappa shape index (κ1) is 12.7. The predicted octanol–water partition coefficient (Wildman–Crippen LogP) is 3.04. The molecule has 2 aromatic rings. The monoisotopic (exact) mass is 263 g/mol. The summed E-state index contributed by atoms with van der Waals surface area (Å²) < 4.78 is 5.45. The van der Waals surface area contributed by atoms with Gasteiger partial charge in [-0.1, -0.05) is 6.07 Å². The number of hydrogen-bond acceptors (Lipinski definition) is 5. The van der Waals surface area contributed by atoms with Gasteiger partial charge in [0.15, 0.2) is 0 Å². The van der Waals surface area contributed by atoms with Crippen LogP contribution in [0.4, 0.5) is 11.4 Å². The number of aromatic nitrogens is 1. The molecule has 0 saturated heterocycles. The molecule has 4 nitrogen and oxygen atoms in total. The Balaban J connectivity index is 2.07. The van der Waals surface area contributed by atoms with Gasteiger partial charge in [0.25, 0.3) is 0 Å². The molecule has 96 valence electrons. The first-order chi connectivity index (χ1) is 8.70. The lowest BCUT2D eigenvalue weighted by Gasteiger charge is -2.12. The number of benzene rings is 1. The molecule has 0 saturated carbocycles. The minimum atomic E-state index is 0.610. The molecule has 0 unspecified atom stereocenters. The van der Waals surface area contributed by atoms with Gasteiger partial charge in [-0.25, -0.2) is 4.98 Å². The number of nitrogens with two attached hydrogens (primary N) is 1. The average molecular weight is 263 g/mol. The highest BCUT2D eigenvalue weighted by atomic mass is 32.1. The maximum atomic E-state index is 6.03. The zero-order valence-corrected chi connectivity index (χ0v) is 11.4. The Bertz CT molecular complexity index is 525. The van der Waals surface area contributed by atoms with Crippen molar-refractivity contribution >= 4 is 22.7 Å². The summed E-state index contributed by atoms with van der Waals surface area (Å²) in [5.41, 5.74) is 8.59. The van der Waals surface area contributed by atoms with Gasteiger partial charge >= 0.3 is 0 Å². The second kappa shape index (κ2) is 5.73. The minimum absolute atomic E-state index is 0.610. The number of aryl methyl sites for hydroxylation is 1. The fourth-order valence-electron chi connectivity index (χ4n) is 1.65. The van der Waals surface area contributed by atoms with Crippen LogP contribution in [0.25, 0.3) is 0 Å². The Hall–Kier alpha value is -1.75. The summed E-state index contributed by atoms with van der Waals surface area (Å²) in [6.07, 6.45) is 0. The molecule has 1 aromatic carbocycles. The summed E-state index contributed by atoms with van der Waals surface area (Å²) in [5, 5.41) is 6.40. The van der Waals surface area contributed by atoms with Gasteiger partial charge in [0, 0.05) is 5.38 Å². The Labute approximate surface area is 111 Å². The van der Waals surface area contributed by atoms with Crippen LogP contribution in [0, 0.1) is 6.92 Å². The van der Waals surface area contributed by atoms with Gasteiger partial charge in [-0.05, 0) is 26.0 Å². The van der Waals surface area contributed by atoms with E-state index in [0.29, 0.717) is 18.8 Å². The molecule has 0 amide bonds. The van der Waals surface area contributed by atoms with Crippen molar-refractivity contribution in [2.75, 3.05) is 17.7 Å². The Morgan fingerprint density at radius 2 is 2.28 bits per heavy atom. The largest absolute Gasteiger partial charge is 0.492 e. The molecule has 0 spiro atoms. The predicted molar refractivity (Wildman–Crippen MR) is 76.2 cm³/mol. The second-order valence-corrected chi connectivity index (χ2v) is 4.92. The van der Waals surface area contributed by atoms with E-state index in [2.05, 4.69) is 10.3 Å². The lowest BCUT2D eigenvalue weighted by molar-refractivity contribution is 0.342. The van der Waals surface area contributed by atoms with Crippen LogP contribution in [0.5, 0.6) is 5.75 Å². The molecular formula is C13H17N3OS. The molecule has 0 bridgehead atoms. The number of ether oxygens (including phenoxy) is 1. The lowest BCUT2D eigenvalue weighted by atomic mass is 10.2. The van der Waals surface area contributed by atoms with Crippen LogP contribution >= 0.6 is 11.3 Å². The highest BCUT2D eigenvalue weighted by Gasteiger charge is 2.06. The summed E-state index contributed by atoms with van der Waals surface area (Å²) in [7, 11) is 0. The summed E-state index contributed by atoms with van der Waals surface area (Å²) in [5.74, 6) is 0.719. The number of hydrogen-bond donors (Lipinski definition) is 2. The molecule has 1 heterocycles. The molecule has 18 heavy (non-hydrogen) atoms. The van der Waals surface area contributed by atoms with Gasteiger partial charge in [0.05, 0.1) is 35.2 Å². The van der Waals surface area contributed by atoms with Gasteiger partial charge in [0.1, 0.15) is 5.75 Å². The number of nitrogens with zero attached hydrogens (tertiary/aromatic N) is 1. The minimum Gasteiger partial charge on any atom is -0.492 e. The van der Waals surface area contributed by atoms with Gasteiger partial charge < -0.3 is 15.8 Å². The summed E-state index contributed by atoms with van der Waals surface area (Å²) in [6, 6.07) is 5.74. The smallest absolute Gasteiger partial charge is 0.144 e. The van der Waals surface area contributed by atoms with Crippen LogP contribution in [0.3, 0.4) is 0 Å². The van der Waals surface area contributed by atoms with Gasteiger partial charge in [0.2, 0.25) is 0 Å². The Morgan fingerprint density at radius 3 is 2.94 bits per heavy atom. The van der Waals surface area contributed by atoms with E-state index in [1.165, 1.54) is 0 Å². The molecule has 0 aliphatic heterocycles. The molecule has 0 fully saturated rings. The van der Waals surface area contributed by atoms with Gasteiger partial charge in [-0.15, -0.1) is 11.3 Å². The second-order valence-electron chi connectivity index (χ2n) is 3.86. The van der Waals surface area contributed by atoms with Crippen molar-refractivity contribution in [1.82, 2.24) is 4.98 Å². The molecule has 0 atom stereocenters. The molecule has 0 aliphatic carbocycles. The third-order valence-electron chi connectivity index (χ3n) is 2.49. The van der Waals surface area contributed by atoms with E-state index in [1.807, 2.05) is 37.4 Å². The zero-order chi connectivity index (χ0) is 13.0. The van der Waals surface area contributed by atoms with Crippen molar-refractivity contribution in [2.45, 2.75) is 20.4 Å². The molecule has 0 aliphatic rings. The Kier molecular flexibility index (Phi) is 4.04. The van der Waals surface area contributed by atoms with Crippen molar-refractivity contribution in [3.05, 3.63) is 34.3 Å². The Morgan fingerprint density at radius 1 is 1.44 bits per heavy atom. The maximum absolute atomic E-state index is 6.03. The molecule has 0 radical (unpaired) electrons. The van der Waals surface area contributed by atoms with Crippen molar-refractivity contribution in [3.63, 3.8) is 0 Å². The van der Waals surface area contributed by atoms with Gasteiger partial charge in [-0.3, -0.25) is 0 Å². The number of rotatable bonds is 5. The quantitative estimate of drug-likeness (QED) is 0.814. The number of nitrogens with one attached hydrogen (secondary N) is 1. The number of para-hydroxylation sites is 1. The van der Waals surface area contributed by atoms with Crippen molar-refractivity contribution < 1.29 is 4.74 Å². The summed E-state index contributed by atoms with van der Waals surface area (Å²) >= 11 is 1.65. The fourth-order valence-corrected chi connectivity index (χ4v) is 2.27. The first-order valence-corrected chi connectivity index (χ1v) is 6.75. The summed E-state index contributed by atoms with van der Waals surface area (Å²) in [6.45, 7) is 5.22. The van der Waals surface area contributed by atoms with Crippen LogP contribution in [0.15, 0.2) is 23.6 Å². The highest BCUT2D eigenvalue weighted by molar-refractivity contribution is 7.09. The van der Waals surface area contributed by atoms with E-state index in [1.54, 1.807) is 11.3 Å². The van der Waals surface area contributed by atoms with Crippen molar-refractivity contribution in [3.8, 4) is 5.75 Å². The third kappa shape index (κ3) is 2.92. The van der Waals surface area contributed by atoms with Crippen LogP contribution in [-0.2, 0) is 6.54 Å². The number of nitrogen functional groups attached to an aromatic ring is 1. The van der Waals surface area contributed by atoms with E-state index in [4.69, 9.17) is 10.5 Å². The number of anilines is 2. The van der Waals surface area contributed by atoms with E-state index in [0.717, 1.165) is 22.1 Å². The molecule has 5 heteroatoms. The van der Waals surface area contributed by atoms with Crippen LogP contribution in [-0.4, -0.2) is 11.6 Å². The summed E-state index contributed by atoms with van der Waals surface area (Å²) in [4.78, 5) is 4.40. The topological polar surface area (TPSA) is 60.2 Å². The van der Waals surface area contributed by atoms with E-state index in [9.17, 15) is 0 Å². The average Bonchev–Trinajstić information content (AvgIpc) is 2.77. The fraction of sp³-hybridized carbons (Fsp3) is 0.308. The zero-order valence-electron chi connectivity index (χ0n) is 10.6. The number of thiazole rings is 1. The van der Waals surface area contributed by atoms with Crippen molar-refractivity contribution in [1.29, 1.82) is 0 Å². The first-order valence-electron chi connectivity index (χ1n) is 5.87. The van der Waals surface area contributed by atoms with Crippen LogP contribution in [0.1, 0.15) is 17.6 Å². The molecule has 2 rings (SSSR count). The third-order valence-corrected chi connectivity index (χ3v) is 3.31. The molecule has 3 N–H and O–H groups in total. The van der Waals surface area contributed by atoms with E-state index >= 15 is 0 Å².